The Morgan fingerprint density at radius 2 is 2.09 bits per heavy atom. The molecule has 0 fully saturated rings. The van der Waals surface area contributed by atoms with E-state index in [1.807, 2.05) is 30.3 Å². The standard InChI is InChI=1S/C8H8O2Si/c11-10-8-5-6-3-1-2-4-7(6)9-8/h1-5H,11H3. The zero-order valence-corrected chi connectivity index (χ0v) is 8.20. The predicted octanol–water partition coefficient (Wildman–Crippen LogP) is 1.09. The summed E-state index contributed by atoms with van der Waals surface area (Å²) in [6.45, 7) is 0. The summed E-state index contributed by atoms with van der Waals surface area (Å²) >= 11 is 0. The van der Waals surface area contributed by atoms with Gasteiger partial charge in [-0.2, -0.15) is 0 Å². The van der Waals surface area contributed by atoms with E-state index in [4.69, 9.17) is 8.84 Å². The van der Waals surface area contributed by atoms with Crippen LogP contribution in [-0.4, -0.2) is 10.5 Å². The number of para-hydroxylation sites is 1. The summed E-state index contributed by atoms with van der Waals surface area (Å²) in [6.07, 6.45) is 0. The highest BCUT2D eigenvalue weighted by atomic mass is 28.2. The zero-order chi connectivity index (χ0) is 7.68. The van der Waals surface area contributed by atoms with Crippen LogP contribution in [0.2, 0.25) is 0 Å². The van der Waals surface area contributed by atoms with Crippen LogP contribution < -0.4 is 4.43 Å². The van der Waals surface area contributed by atoms with Crippen molar-refractivity contribution in [2.75, 3.05) is 0 Å². The third-order valence-corrected chi connectivity index (χ3v) is 2.01. The molecule has 0 N–H and O–H groups in total. The fourth-order valence-corrected chi connectivity index (χ4v) is 1.26. The van der Waals surface area contributed by atoms with Gasteiger partial charge in [-0.3, -0.25) is 0 Å². The van der Waals surface area contributed by atoms with Crippen LogP contribution in [0.25, 0.3) is 11.0 Å². The van der Waals surface area contributed by atoms with E-state index in [0.717, 1.165) is 11.0 Å². The summed E-state index contributed by atoms with van der Waals surface area (Å²) in [6, 6.07) is 9.77. The molecule has 0 spiro atoms. The number of benzene rings is 1. The van der Waals surface area contributed by atoms with Crippen LogP contribution in [0.15, 0.2) is 34.7 Å². The second-order valence-electron chi connectivity index (χ2n) is 2.31. The van der Waals surface area contributed by atoms with E-state index in [0.29, 0.717) is 16.4 Å². The Labute approximate surface area is 67.3 Å². The maximum Gasteiger partial charge on any atom is 0.270 e. The summed E-state index contributed by atoms with van der Waals surface area (Å²) in [4.78, 5) is 0. The van der Waals surface area contributed by atoms with E-state index in [9.17, 15) is 0 Å². The Hall–Kier alpha value is -1.22. The molecule has 0 saturated heterocycles. The first-order chi connectivity index (χ1) is 5.40. The lowest BCUT2D eigenvalue weighted by molar-refractivity contribution is 0.430. The van der Waals surface area contributed by atoms with Gasteiger partial charge in [-0.1, -0.05) is 18.2 Å². The third-order valence-electron chi connectivity index (χ3n) is 1.60. The number of fused-ring (bicyclic) bond motifs is 1. The van der Waals surface area contributed by atoms with Gasteiger partial charge < -0.3 is 8.84 Å². The van der Waals surface area contributed by atoms with Crippen molar-refractivity contribution in [3.63, 3.8) is 0 Å². The molecule has 0 radical (unpaired) electrons. The molecular formula is C8H8O2Si. The van der Waals surface area contributed by atoms with E-state index in [1.165, 1.54) is 0 Å². The molecule has 2 rings (SSSR count). The normalized spacial score (nSPS) is 10.5. The minimum absolute atomic E-state index is 0.623. The molecule has 0 unspecified atom stereocenters. The molecule has 2 nitrogen and oxygen atoms in total. The smallest absolute Gasteiger partial charge is 0.270 e. The van der Waals surface area contributed by atoms with Crippen LogP contribution >= 0.6 is 0 Å². The number of hydrogen-bond acceptors (Lipinski definition) is 2. The Morgan fingerprint density at radius 1 is 1.27 bits per heavy atom. The van der Waals surface area contributed by atoms with Gasteiger partial charge in [0.05, 0.1) is 0 Å². The predicted molar refractivity (Wildman–Crippen MR) is 46.8 cm³/mol. The largest absolute Gasteiger partial charge is 0.528 e. The van der Waals surface area contributed by atoms with Gasteiger partial charge in [0.15, 0.2) is 0 Å². The van der Waals surface area contributed by atoms with Gasteiger partial charge in [0.25, 0.3) is 5.95 Å². The van der Waals surface area contributed by atoms with E-state index >= 15 is 0 Å². The van der Waals surface area contributed by atoms with Crippen molar-refractivity contribution in [2.24, 2.45) is 0 Å². The molecule has 0 amide bonds. The van der Waals surface area contributed by atoms with Gasteiger partial charge in [-0.25, -0.2) is 0 Å². The van der Waals surface area contributed by atoms with Gasteiger partial charge >= 0.3 is 0 Å². The second-order valence-corrected chi connectivity index (χ2v) is 2.72. The van der Waals surface area contributed by atoms with E-state index < -0.39 is 0 Å². The van der Waals surface area contributed by atoms with Crippen molar-refractivity contribution in [3.8, 4) is 5.95 Å². The first kappa shape index (κ1) is 6.48. The Kier molecular flexibility index (Phi) is 1.43. The van der Waals surface area contributed by atoms with Gasteiger partial charge in [-0.15, -0.1) is 0 Å². The topological polar surface area (TPSA) is 22.4 Å². The summed E-state index contributed by atoms with van der Waals surface area (Å²) in [5.41, 5.74) is 0.887. The minimum atomic E-state index is 0.623. The lowest BCUT2D eigenvalue weighted by Crippen LogP contribution is -1.78. The molecule has 0 atom stereocenters. The van der Waals surface area contributed by atoms with Gasteiger partial charge in [0.2, 0.25) is 10.5 Å². The van der Waals surface area contributed by atoms with E-state index in [-0.39, 0.29) is 0 Å². The van der Waals surface area contributed by atoms with Gasteiger partial charge in [-0.05, 0) is 6.07 Å². The molecule has 1 aromatic heterocycles. The van der Waals surface area contributed by atoms with Crippen LogP contribution in [0.5, 0.6) is 5.95 Å². The van der Waals surface area contributed by atoms with Crippen LogP contribution in [0.3, 0.4) is 0 Å². The SMILES string of the molecule is [SiH3]Oc1cc2ccccc2o1. The Morgan fingerprint density at radius 3 is 2.82 bits per heavy atom. The number of hydrogen-bond donors (Lipinski definition) is 0. The second kappa shape index (κ2) is 2.43. The summed E-state index contributed by atoms with van der Waals surface area (Å²) < 4.78 is 10.4. The molecule has 0 aliphatic rings. The monoisotopic (exact) mass is 164 g/mol. The first-order valence-corrected chi connectivity index (χ1v) is 4.24. The Bertz CT molecular complexity index is 334. The van der Waals surface area contributed by atoms with Crippen LogP contribution in [0.4, 0.5) is 0 Å². The number of rotatable bonds is 1. The molecule has 11 heavy (non-hydrogen) atoms. The van der Waals surface area contributed by atoms with Crippen molar-refractivity contribution in [1.29, 1.82) is 0 Å². The molecule has 0 aliphatic heterocycles. The van der Waals surface area contributed by atoms with E-state index in [1.54, 1.807) is 0 Å². The molecule has 56 valence electrons. The fraction of sp³-hybridized carbons (Fsp3) is 0. The summed E-state index contributed by atoms with van der Waals surface area (Å²) in [5.74, 6) is 0.623. The lowest BCUT2D eigenvalue weighted by atomic mass is 10.3. The zero-order valence-electron chi connectivity index (χ0n) is 6.20. The quantitative estimate of drug-likeness (QED) is 0.589. The van der Waals surface area contributed by atoms with Crippen LogP contribution in [-0.2, 0) is 0 Å². The molecule has 3 heteroatoms. The van der Waals surface area contributed by atoms with Crippen molar-refractivity contribution in [1.82, 2.24) is 0 Å². The highest BCUT2D eigenvalue weighted by Crippen LogP contribution is 2.23. The lowest BCUT2D eigenvalue weighted by Gasteiger charge is -1.88. The first-order valence-electron chi connectivity index (χ1n) is 3.43. The highest BCUT2D eigenvalue weighted by molar-refractivity contribution is 6.00. The Balaban J connectivity index is 2.69. The maximum atomic E-state index is 5.33. The van der Waals surface area contributed by atoms with Crippen molar-refractivity contribution in [2.45, 2.75) is 0 Å². The molecule has 2 aromatic rings. The van der Waals surface area contributed by atoms with Gasteiger partial charge in [0.1, 0.15) is 5.58 Å². The van der Waals surface area contributed by atoms with Crippen molar-refractivity contribution < 1.29 is 8.84 Å². The average Bonchev–Trinajstić information content (AvgIpc) is 2.46. The third kappa shape index (κ3) is 1.03. The molecule has 0 saturated carbocycles. The molecule has 1 aromatic carbocycles. The highest BCUT2D eigenvalue weighted by Gasteiger charge is 1.99. The van der Waals surface area contributed by atoms with Crippen LogP contribution in [0.1, 0.15) is 0 Å². The van der Waals surface area contributed by atoms with E-state index in [2.05, 4.69) is 0 Å². The molecule has 0 aliphatic carbocycles. The van der Waals surface area contributed by atoms with Crippen molar-refractivity contribution >= 4 is 21.5 Å². The fourth-order valence-electron chi connectivity index (χ4n) is 1.06. The minimum Gasteiger partial charge on any atom is -0.528 e. The number of furan rings is 1. The average molecular weight is 164 g/mol. The van der Waals surface area contributed by atoms with Crippen LogP contribution in [0, 0.1) is 0 Å². The van der Waals surface area contributed by atoms with Crippen molar-refractivity contribution in [3.05, 3.63) is 30.3 Å². The van der Waals surface area contributed by atoms with Gasteiger partial charge in [0, 0.05) is 11.5 Å². The summed E-state index contributed by atoms with van der Waals surface area (Å²) in [7, 11) is 0.671. The molecular weight excluding hydrogens is 156 g/mol. The molecule has 1 heterocycles. The maximum absolute atomic E-state index is 5.33. The molecule has 0 bridgehead atoms. The summed E-state index contributed by atoms with van der Waals surface area (Å²) in [5, 5.41) is 1.10.